The SMILES string of the molecule is CC(C)COc1ccc(N2C(=O)C(=O)/C(=C(\O)c3ccc4c(c3)CCO4)C2c2cccc(O)c2)cc1. The van der Waals surface area contributed by atoms with Gasteiger partial charge in [-0.15, -0.1) is 0 Å². The Labute approximate surface area is 209 Å². The van der Waals surface area contributed by atoms with Gasteiger partial charge in [-0.05, 0) is 71.6 Å². The first-order chi connectivity index (χ1) is 17.3. The molecule has 1 saturated heterocycles. The number of nitrogens with zero attached hydrogens (tertiary/aromatic N) is 1. The number of ketones is 1. The number of aromatic hydroxyl groups is 1. The Morgan fingerprint density at radius 2 is 1.86 bits per heavy atom. The average Bonchev–Trinajstić information content (AvgIpc) is 3.44. The van der Waals surface area contributed by atoms with E-state index in [1.807, 2.05) is 0 Å². The van der Waals surface area contributed by atoms with E-state index in [1.54, 1.807) is 54.6 Å². The highest BCUT2D eigenvalue weighted by atomic mass is 16.5. The molecule has 1 amide bonds. The van der Waals surface area contributed by atoms with Crippen molar-refractivity contribution in [3.8, 4) is 17.2 Å². The molecular weight excluding hydrogens is 458 g/mol. The summed E-state index contributed by atoms with van der Waals surface area (Å²) in [6.45, 7) is 5.22. The van der Waals surface area contributed by atoms with Gasteiger partial charge in [-0.2, -0.15) is 0 Å². The van der Waals surface area contributed by atoms with Gasteiger partial charge in [0.25, 0.3) is 11.7 Å². The minimum Gasteiger partial charge on any atom is -0.508 e. The van der Waals surface area contributed by atoms with Crippen LogP contribution in [0.25, 0.3) is 5.76 Å². The summed E-state index contributed by atoms with van der Waals surface area (Å²) in [6, 6.07) is 17.6. The summed E-state index contributed by atoms with van der Waals surface area (Å²) in [6.07, 6.45) is 0.700. The zero-order chi connectivity index (χ0) is 25.4. The molecule has 7 nitrogen and oxygen atoms in total. The van der Waals surface area contributed by atoms with Crippen LogP contribution in [0.15, 0.2) is 72.3 Å². The minimum absolute atomic E-state index is 0.00907. The number of phenols is 1. The molecule has 0 aromatic heterocycles. The summed E-state index contributed by atoms with van der Waals surface area (Å²) in [5, 5.41) is 21.5. The monoisotopic (exact) mass is 485 g/mol. The van der Waals surface area contributed by atoms with Crippen molar-refractivity contribution >= 4 is 23.1 Å². The van der Waals surface area contributed by atoms with Crippen molar-refractivity contribution in [1.29, 1.82) is 0 Å². The van der Waals surface area contributed by atoms with Crippen LogP contribution in [-0.4, -0.2) is 35.1 Å². The number of fused-ring (bicyclic) bond motifs is 1. The van der Waals surface area contributed by atoms with E-state index in [0.717, 1.165) is 11.3 Å². The third-order valence-electron chi connectivity index (χ3n) is 6.29. The number of ether oxygens (including phenoxy) is 2. The second-order valence-electron chi connectivity index (χ2n) is 9.38. The summed E-state index contributed by atoms with van der Waals surface area (Å²) < 4.78 is 11.3. The first-order valence-electron chi connectivity index (χ1n) is 11.9. The van der Waals surface area contributed by atoms with Gasteiger partial charge in [0.15, 0.2) is 0 Å². The quantitative estimate of drug-likeness (QED) is 0.290. The smallest absolute Gasteiger partial charge is 0.300 e. The second-order valence-corrected chi connectivity index (χ2v) is 9.38. The first kappa shape index (κ1) is 23.5. The predicted molar refractivity (Wildman–Crippen MR) is 135 cm³/mol. The molecule has 1 atom stereocenters. The van der Waals surface area contributed by atoms with Crippen LogP contribution in [0, 0.1) is 5.92 Å². The molecule has 0 saturated carbocycles. The van der Waals surface area contributed by atoms with E-state index < -0.39 is 17.7 Å². The number of amides is 1. The molecule has 184 valence electrons. The van der Waals surface area contributed by atoms with Crippen molar-refractivity contribution in [2.24, 2.45) is 5.92 Å². The summed E-state index contributed by atoms with van der Waals surface area (Å²) in [7, 11) is 0. The Hall–Kier alpha value is -4.26. The van der Waals surface area contributed by atoms with Gasteiger partial charge in [-0.25, -0.2) is 0 Å². The van der Waals surface area contributed by atoms with Gasteiger partial charge < -0.3 is 19.7 Å². The standard InChI is InChI=1S/C29H27NO6/c1-17(2)16-36-23-9-7-21(8-10-23)30-26(19-4-3-5-22(31)15-19)25(28(33)29(30)34)27(32)20-6-11-24-18(14-20)12-13-35-24/h3-11,14-15,17,26,31-32H,12-13,16H2,1-2H3/b27-25-. The molecule has 2 aliphatic rings. The fourth-order valence-electron chi connectivity index (χ4n) is 4.56. The maximum atomic E-state index is 13.3. The van der Waals surface area contributed by atoms with Gasteiger partial charge in [-0.1, -0.05) is 26.0 Å². The van der Waals surface area contributed by atoms with Crippen molar-refractivity contribution in [1.82, 2.24) is 0 Å². The lowest BCUT2D eigenvalue weighted by Gasteiger charge is -2.25. The van der Waals surface area contributed by atoms with Gasteiger partial charge in [0.05, 0.1) is 24.8 Å². The van der Waals surface area contributed by atoms with E-state index in [1.165, 1.54) is 17.0 Å². The van der Waals surface area contributed by atoms with Gasteiger partial charge in [-0.3, -0.25) is 14.5 Å². The normalized spacial score (nSPS) is 18.4. The van der Waals surface area contributed by atoms with E-state index in [4.69, 9.17) is 9.47 Å². The van der Waals surface area contributed by atoms with E-state index in [9.17, 15) is 19.8 Å². The number of phenolic OH excluding ortho intramolecular Hbond substituents is 1. The molecule has 0 spiro atoms. The van der Waals surface area contributed by atoms with Crippen LogP contribution in [-0.2, 0) is 16.0 Å². The predicted octanol–water partition coefficient (Wildman–Crippen LogP) is 4.99. The zero-order valence-corrected chi connectivity index (χ0v) is 20.1. The van der Waals surface area contributed by atoms with Crippen molar-refractivity contribution in [3.05, 3.63) is 89.0 Å². The minimum atomic E-state index is -0.927. The topological polar surface area (TPSA) is 96.3 Å². The molecule has 1 fully saturated rings. The van der Waals surface area contributed by atoms with Crippen molar-refractivity contribution < 1.29 is 29.3 Å². The molecule has 3 aromatic carbocycles. The number of anilines is 1. The Balaban J connectivity index is 1.61. The van der Waals surface area contributed by atoms with E-state index in [2.05, 4.69) is 13.8 Å². The van der Waals surface area contributed by atoms with Gasteiger partial charge in [0.2, 0.25) is 0 Å². The number of carbonyl (C=O) groups is 2. The number of Topliss-reactive ketones (excluding diaryl/α,β-unsaturated/α-hetero) is 1. The maximum Gasteiger partial charge on any atom is 0.300 e. The van der Waals surface area contributed by atoms with Gasteiger partial charge >= 0.3 is 0 Å². The molecule has 7 heteroatoms. The van der Waals surface area contributed by atoms with Crippen LogP contribution in [0.5, 0.6) is 17.2 Å². The number of benzene rings is 3. The number of hydrogen-bond acceptors (Lipinski definition) is 6. The third kappa shape index (κ3) is 4.28. The van der Waals surface area contributed by atoms with E-state index in [-0.39, 0.29) is 17.1 Å². The lowest BCUT2D eigenvalue weighted by Crippen LogP contribution is -2.29. The highest BCUT2D eigenvalue weighted by Gasteiger charge is 2.47. The average molecular weight is 486 g/mol. The molecule has 1 unspecified atom stereocenters. The maximum absolute atomic E-state index is 13.3. The van der Waals surface area contributed by atoms with Crippen LogP contribution < -0.4 is 14.4 Å². The summed E-state index contributed by atoms with van der Waals surface area (Å²) in [5.74, 6) is -0.0717. The Bertz CT molecular complexity index is 1360. The van der Waals surface area contributed by atoms with Crippen LogP contribution >= 0.6 is 0 Å². The number of rotatable bonds is 6. The van der Waals surface area contributed by atoms with Crippen LogP contribution in [0.4, 0.5) is 5.69 Å². The Morgan fingerprint density at radius 1 is 1.08 bits per heavy atom. The number of carbonyl (C=O) groups excluding carboxylic acids is 2. The molecule has 0 aliphatic carbocycles. The summed E-state index contributed by atoms with van der Waals surface area (Å²) in [4.78, 5) is 28.0. The number of hydrogen-bond donors (Lipinski definition) is 2. The van der Waals surface area contributed by atoms with E-state index >= 15 is 0 Å². The third-order valence-corrected chi connectivity index (χ3v) is 6.29. The number of aliphatic hydroxyl groups is 1. The summed E-state index contributed by atoms with van der Waals surface area (Å²) >= 11 is 0. The fourth-order valence-corrected chi connectivity index (χ4v) is 4.56. The molecular formula is C29H27NO6. The first-order valence-corrected chi connectivity index (χ1v) is 11.9. The highest BCUT2D eigenvalue weighted by molar-refractivity contribution is 6.51. The van der Waals surface area contributed by atoms with Crippen LogP contribution in [0.2, 0.25) is 0 Å². The van der Waals surface area contributed by atoms with Crippen LogP contribution in [0.3, 0.4) is 0 Å². The fraction of sp³-hybridized carbons (Fsp3) is 0.241. The van der Waals surface area contributed by atoms with E-state index in [0.29, 0.717) is 48.1 Å². The van der Waals surface area contributed by atoms with Gasteiger partial charge in [0.1, 0.15) is 23.0 Å². The molecule has 0 radical (unpaired) electrons. The number of aliphatic hydroxyl groups excluding tert-OH is 1. The lowest BCUT2D eigenvalue weighted by atomic mass is 9.94. The molecule has 5 rings (SSSR count). The second kappa shape index (κ2) is 9.41. The molecule has 36 heavy (non-hydrogen) atoms. The van der Waals surface area contributed by atoms with Gasteiger partial charge in [0, 0.05) is 17.7 Å². The molecule has 0 bridgehead atoms. The molecule has 3 aromatic rings. The Kier molecular flexibility index (Phi) is 6.14. The largest absolute Gasteiger partial charge is 0.508 e. The Morgan fingerprint density at radius 3 is 2.58 bits per heavy atom. The highest BCUT2D eigenvalue weighted by Crippen LogP contribution is 2.43. The van der Waals surface area contributed by atoms with Crippen molar-refractivity contribution in [3.63, 3.8) is 0 Å². The van der Waals surface area contributed by atoms with Crippen molar-refractivity contribution in [2.75, 3.05) is 18.1 Å². The molecule has 2 N–H and O–H groups in total. The lowest BCUT2D eigenvalue weighted by molar-refractivity contribution is -0.132. The van der Waals surface area contributed by atoms with Crippen LogP contribution in [0.1, 0.15) is 36.6 Å². The van der Waals surface area contributed by atoms with Crippen molar-refractivity contribution in [2.45, 2.75) is 26.3 Å². The molecule has 2 heterocycles. The zero-order valence-electron chi connectivity index (χ0n) is 20.1. The molecule has 2 aliphatic heterocycles. The summed E-state index contributed by atoms with van der Waals surface area (Å²) in [5.41, 5.74) is 2.30.